The molecule has 1 aromatic heterocycles. The van der Waals surface area contributed by atoms with Gasteiger partial charge in [-0.2, -0.15) is 4.98 Å². The lowest BCUT2D eigenvalue weighted by atomic mass is 10.2. The molecular formula is C20H20ClN5O. The topological polar surface area (TPSA) is 62.3 Å². The number of nitrogens with one attached hydrogen (secondary N) is 2. The number of halogens is 1. The molecule has 2 heterocycles. The number of para-hydroxylation sites is 2. The summed E-state index contributed by atoms with van der Waals surface area (Å²) in [6, 6.07) is 17.5. The highest BCUT2D eigenvalue weighted by molar-refractivity contribution is 6.30. The molecule has 0 atom stereocenters. The number of morpholine rings is 1. The Morgan fingerprint density at radius 1 is 0.963 bits per heavy atom. The van der Waals surface area contributed by atoms with Crippen LogP contribution >= 0.6 is 11.6 Å². The number of anilines is 5. The molecule has 0 saturated carbocycles. The van der Waals surface area contributed by atoms with E-state index in [0.717, 1.165) is 43.4 Å². The van der Waals surface area contributed by atoms with Crippen LogP contribution in [0.3, 0.4) is 0 Å². The first-order valence-electron chi connectivity index (χ1n) is 8.82. The van der Waals surface area contributed by atoms with Crippen molar-refractivity contribution < 1.29 is 4.74 Å². The predicted octanol–water partition coefficient (Wildman–Crippen LogP) is 4.45. The highest BCUT2D eigenvalue weighted by atomic mass is 35.5. The molecule has 1 aliphatic heterocycles. The van der Waals surface area contributed by atoms with Crippen molar-refractivity contribution in [3.05, 3.63) is 65.8 Å². The van der Waals surface area contributed by atoms with Gasteiger partial charge in [-0.15, -0.1) is 0 Å². The van der Waals surface area contributed by atoms with Crippen molar-refractivity contribution in [2.75, 3.05) is 41.8 Å². The van der Waals surface area contributed by atoms with Gasteiger partial charge in [-0.1, -0.05) is 29.8 Å². The smallest absolute Gasteiger partial charge is 0.229 e. The zero-order chi connectivity index (χ0) is 18.5. The van der Waals surface area contributed by atoms with E-state index in [1.54, 1.807) is 6.20 Å². The molecule has 7 heteroatoms. The summed E-state index contributed by atoms with van der Waals surface area (Å²) < 4.78 is 5.46. The molecule has 138 valence electrons. The number of ether oxygens (including phenoxy) is 1. The SMILES string of the molecule is Clc1cccc(Nc2ccnc(Nc3ccccc3N3CCOCC3)n2)c1. The minimum absolute atomic E-state index is 0.530. The second-order valence-corrected chi connectivity index (χ2v) is 6.58. The highest BCUT2D eigenvalue weighted by Gasteiger charge is 2.15. The van der Waals surface area contributed by atoms with Crippen LogP contribution < -0.4 is 15.5 Å². The van der Waals surface area contributed by atoms with Crippen LogP contribution in [-0.4, -0.2) is 36.3 Å². The maximum atomic E-state index is 6.04. The molecule has 6 nitrogen and oxygen atoms in total. The Kier molecular flexibility index (Phi) is 5.37. The summed E-state index contributed by atoms with van der Waals surface area (Å²) >= 11 is 6.04. The summed E-state index contributed by atoms with van der Waals surface area (Å²) in [6.07, 6.45) is 1.72. The Hall–Kier alpha value is -2.83. The van der Waals surface area contributed by atoms with Gasteiger partial charge in [0.25, 0.3) is 0 Å². The van der Waals surface area contributed by atoms with E-state index < -0.39 is 0 Å². The molecule has 2 N–H and O–H groups in total. The predicted molar refractivity (Wildman–Crippen MR) is 110 cm³/mol. The minimum atomic E-state index is 0.530. The fourth-order valence-corrected chi connectivity index (χ4v) is 3.17. The quantitative estimate of drug-likeness (QED) is 0.680. The third-order valence-corrected chi connectivity index (χ3v) is 4.49. The fraction of sp³-hybridized carbons (Fsp3) is 0.200. The van der Waals surface area contributed by atoms with Crippen molar-refractivity contribution in [3.63, 3.8) is 0 Å². The van der Waals surface area contributed by atoms with E-state index in [1.165, 1.54) is 0 Å². The molecule has 4 rings (SSSR count). The summed E-state index contributed by atoms with van der Waals surface area (Å²) in [7, 11) is 0. The van der Waals surface area contributed by atoms with Crippen molar-refractivity contribution in [1.82, 2.24) is 9.97 Å². The molecule has 1 aliphatic rings. The van der Waals surface area contributed by atoms with E-state index in [1.807, 2.05) is 48.5 Å². The second kappa shape index (κ2) is 8.24. The van der Waals surface area contributed by atoms with E-state index in [2.05, 4.69) is 31.6 Å². The van der Waals surface area contributed by atoms with Crippen LogP contribution in [0, 0.1) is 0 Å². The largest absolute Gasteiger partial charge is 0.378 e. The van der Waals surface area contributed by atoms with Crippen molar-refractivity contribution >= 4 is 40.4 Å². The van der Waals surface area contributed by atoms with E-state index in [0.29, 0.717) is 16.8 Å². The van der Waals surface area contributed by atoms with Gasteiger partial charge in [0, 0.05) is 30.0 Å². The van der Waals surface area contributed by atoms with Crippen LogP contribution in [0.1, 0.15) is 0 Å². The van der Waals surface area contributed by atoms with Crippen LogP contribution in [0.15, 0.2) is 60.8 Å². The molecule has 27 heavy (non-hydrogen) atoms. The van der Waals surface area contributed by atoms with Gasteiger partial charge in [0.2, 0.25) is 5.95 Å². The molecule has 0 radical (unpaired) electrons. The third-order valence-electron chi connectivity index (χ3n) is 4.25. The Morgan fingerprint density at radius 2 is 1.81 bits per heavy atom. The van der Waals surface area contributed by atoms with Crippen molar-refractivity contribution in [2.45, 2.75) is 0 Å². The first-order chi connectivity index (χ1) is 13.3. The zero-order valence-corrected chi connectivity index (χ0v) is 15.5. The molecule has 1 fully saturated rings. The van der Waals surface area contributed by atoms with Gasteiger partial charge in [-0.25, -0.2) is 4.98 Å². The lowest BCUT2D eigenvalue weighted by Gasteiger charge is -2.30. The molecule has 0 aliphatic carbocycles. The molecule has 2 aromatic carbocycles. The number of aromatic nitrogens is 2. The highest BCUT2D eigenvalue weighted by Crippen LogP contribution is 2.28. The number of nitrogens with zero attached hydrogens (tertiary/aromatic N) is 3. The second-order valence-electron chi connectivity index (χ2n) is 6.14. The van der Waals surface area contributed by atoms with Crippen LogP contribution in [-0.2, 0) is 4.74 Å². The summed E-state index contributed by atoms with van der Waals surface area (Å²) in [6.45, 7) is 3.22. The lowest BCUT2D eigenvalue weighted by Crippen LogP contribution is -2.36. The number of benzene rings is 2. The normalized spacial score (nSPS) is 14.0. The summed E-state index contributed by atoms with van der Waals surface area (Å²) in [5.74, 6) is 1.22. The van der Waals surface area contributed by atoms with Gasteiger partial charge in [0.15, 0.2) is 0 Å². The van der Waals surface area contributed by atoms with Gasteiger partial charge in [-0.3, -0.25) is 0 Å². The molecule has 3 aromatic rings. The molecule has 0 unspecified atom stereocenters. The van der Waals surface area contributed by atoms with E-state index in [9.17, 15) is 0 Å². The van der Waals surface area contributed by atoms with Gasteiger partial charge in [-0.05, 0) is 36.4 Å². The maximum absolute atomic E-state index is 6.04. The lowest BCUT2D eigenvalue weighted by molar-refractivity contribution is 0.123. The maximum Gasteiger partial charge on any atom is 0.229 e. The van der Waals surface area contributed by atoms with Crippen LogP contribution in [0.4, 0.5) is 28.8 Å². The van der Waals surface area contributed by atoms with Crippen molar-refractivity contribution in [2.24, 2.45) is 0 Å². The zero-order valence-electron chi connectivity index (χ0n) is 14.7. The number of rotatable bonds is 5. The first-order valence-corrected chi connectivity index (χ1v) is 9.20. The standard InChI is InChI=1S/C20H20ClN5O/c21-15-4-3-5-16(14-15)23-19-8-9-22-20(25-19)24-17-6-1-2-7-18(17)26-10-12-27-13-11-26/h1-9,14H,10-13H2,(H2,22,23,24,25). The molecule has 0 amide bonds. The van der Waals surface area contributed by atoms with Gasteiger partial charge >= 0.3 is 0 Å². The van der Waals surface area contributed by atoms with Crippen molar-refractivity contribution in [1.29, 1.82) is 0 Å². The third kappa shape index (κ3) is 4.48. The van der Waals surface area contributed by atoms with Crippen molar-refractivity contribution in [3.8, 4) is 0 Å². The summed E-state index contributed by atoms with van der Waals surface area (Å²) in [5, 5.41) is 7.26. The van der Waals surface area contributed by atoms with Gasteiger partial charge in [0.1, 0.15) is 5.82 Å². The number of hydrogen-bond donors (Lipinski definition) is 2. The van der Waals surface area contributed by atoms with Crippen LogP contribution in [0.25, 0.3) is 0 Å². The van der Waals surface area contributed by atoms with Gasteiger partial charge in [0.05, 0.1) is 24.6 Å². The fourth-order valence-electron chi connectivity index (χ4n) is 2.98. The Bertz CT molecular complexity index is 914. The van der Waals surface area contributed by atoms with E-state index >= 15 is 0 Å². The average molecular weight is 382 g/mol. The Balaban J connectivity index is 1.53. The van der Waals surface area contributed by atoms with E-state index in [4.69, 9.17) is 16.3 Å². The van der Waals surface area contributed by atoms with Gasteiger partial charge < -0.3 is 20.3 Å². The Labute approximate surface area is 163 Å². The van der Waals surface area contributed by atoms with Crippen LogP contribution in [0.5, 0.6) is 0 Å². The first kappa shape index (κ1) is 17.6. The molecule has 0 bridgehead atoms. The average Bonchev–Trinajstić information content (AvgIpc) is 2.69. The molecular weight excluding hydrogens is 362 g/mol. The van der Waals surface area contributed by atoms with Crippen LogP contribution in [0.2, 0.25) is 5.02 Å². The summed E-state index contributed by atoms with van der Waals surface area (Å²) in [5.41, 5.74) is 2.97. The number of hydrogen-bond acceptors (Lipinski definition) is 6. The minimum Gasteiger partial charge on any atom is -0.378 e. The molecule has 0 spiro atoms. The Morgan fingerprint density at radius 3 is 2.67 bits per heavy atom. The van der Waals surface area contributed by atoms with E-state index in [-0.39, 0.29) is 0 Å². The monoisotopic (exact) mass is 381 g/mol. The molecule has 1 saturated heterocycles. The summed E-state index contributed by atoms with van der Waals surface area (Å²) in [4.78, 5) is 11.2.